The van der Waals surface area contributed by atoms with Crippen molar-refractivity contribution < 1.29 is 0 Å². The van der Waals surface area contributed by atoms with Crippen LogP contribution in [0.25, 0.3) is 0 Å². The maximum absolute atomic E-state index is 7.06. The Bertz CT molecular complexity index is 120. The summed E-state index contributed by atoms with van der Waals surface area (Å²) >= 11 is 1.97. The molecule has 0 aromatic rings. The van der Waals surface area contributed by atoms with E-state index in [-0.39, 0.29) is 5.84 Å². The van der Waals surface area contributed by atoms with Gasteiger partial charge in [-0.1, -0.05) is 0 Å². The molecular formula is C6H13N3S. The molecule has 0 aromatic carbocycles. The van der Waals surface area contributed by atoms with Crippen molar-refractivity contribution in [1.29, 1.82) is 5.41 Å². The lowest BCUT2D eigenvalue weighted by Gasteiger charge is -2.25. The highest BCUT2D eigenvalue weighted by atomic mass is 32.2. The van der Waals surface area contributed by atoms with Crippen molar-refractivity contribution in [2.75, 3.05) is 31.1 Å². The molecule has 1 aliphatic rings. The first-order valence-electron chi connectivity index (χ1n) is 3.42. The fraction of sp³-hybridized carbons (Fsp3) is 0.833. The van der Waals surface area contributed by atoms with Crippen molar-refractivity contribution >= 4 is 17.6 Å². The van der Waals surface area contributed by atoms with Gasteiger partial charge in [0.05, 0.1) is 6.54 Å². The fourth-order valence-electron chi connectivity index (χ4n) is 1.00. The van der Waals surface area contributed by atoms with E-state index in [1.54, 1.807) is 0 Å². The molecule has 1 aliphatic heterocycles. The molecule has 0 saturated carbocycles. The van der Waals surface area contributed by atoms with E-state index < -0.39 is 0 Å². The van der Waals surface area contributed by atoms with Crippen molar-refractivity contribution in [3.05, 3.63) is 0 Å². The van der Waals surface area contributed by atoms with Gasteiger partial charge in [-0.2, -0.15) is 11.8 Å². The Hall–Kier alpha value is -0.220. The Labute approximate surface area is 65.5 Å². The Balaban J connectivity index is 2.19. The van der Waals surface area contributed by atoms with Crippen LogP contribution in [0.15, 0.2) is 0 Å². The van der Waals surface area contributed by atoms with Gasteiger partial charge in [-0.05, 0) is 0 Å². The largest absolute Gasteiger partial charge is 0.387 e. The summed E-state index contributed by atoms with van der Waals surface area (Å²) in [6, 6.07) is 0. The van der Waals surface area contributed by atoms with Gasteiger partial charge in [-0.3, -0.25) is 10.3 Å². The zero-order valence-electron chi connectivity index (χ0n) is 5.97. The smallest absolute Gasteiger partial charge is 0.105 e. The van der Waals surface area contributed by atoms with E-state index in [2.05, 4.69) is 4.90 Å². The molecule has 0 amide bonds. The number of nitrogens with one attached hydrogen (secondary N) is 1. The van der Waals surface area contributed by atoms with Gasteiger partial charge in [0.15, 0.2) is 0 Å². The molecule has 0 spiro atoms. The maximum Gasteiger partial charge on any atom is 0.105 e. The van der Waals surface area contributed by atoms with Gasteiger partial charge >= 0.3 is 0 Å². The normalized spacial score (nSPS) is 20.8. The quantitative estimate of drug-likeness (QED) is 0.439. The second kappa shape index (κ2) is 3.83. The zero-order valence-corrected chi connectivity index (χ0v) is 6.78. The first-order valence-corrected chi connectivity index (χ1v) is 4.57. The SMILES string of the molecule is N=C(N)CN1CCSCC1. The number of hydrogen-bond donors (Lipinski definition) is 2. The molecule has 1 saturated heterocycles. The molecule has 0 atom stereocenters. The molecular weight excluding hydrogens is 146 g/mol. The van der Waals surface area contributed by atoms with E-state index in [9.17, 15) is 0 Å². The molecule has 1 heterocycles. The topological polar surface area (TPSA) is 53.1 Å². The van der Waals surface area contributed by atoms with Crippen LogP contribution in [0.1, 0.15) is 0 Å². The lowest BCUT2D eigenvalue weighted by atomic mass is 10.4. The molecule has 0 unspecified atom stereocenters. The third kappa shape index (κ3) is 2.58. The zero-order chi connectivity index (χ0) is 7.40. The van der Waals surface area contributed by atoms with Gasteiger partial charge in [-0.25, -0.2) is 0 Å². The number of hydrogen-bond acceptors (Lipinski definition) is 3. The molecule has 0 aromatic heterocycles. The maximum atomic E-state index is 7.06. The monoisotopic (exact) mass is 159 g/mol. The number of nitrogens with two attached hydrogens (primary N) is 1. The number of rotatable bonds is 2. The van der Waals surface area contributed by atoms with Crippen LogP contribution < -0.4 is 5.73 Å². The van der Waals surface area contributed by atoms with E-state index in [0.29, 0.717) is 6.54 Å². The molecule has 4 heteroatoms. The minimum absolute atomic E-state index is 0.284. The fourth-order valence-corrected chi connectivity index (χ4v) is 1.98. The summed E-state index contributed by atoms with van der Waals surface area (Å²) < 4.78 is 0. The highest BCUT2D eigenvalue weighted by molar-refractivity contribution is 7.99. The third-order valence-corrected chi connectivity index (χ3v) is 2.44. The van der Waals surface area contributed by atoms with Crippen LogP contribution in [-0.4, -0.2) is 41.9 Å². The van der Waals surface area contributed by atoms with Gasteiger partial charge in [0.1, 0.15) is 5.84 Å². The lowest BCUT2D eigenvalue weighted by molar-refractivity contribution is 0.344. The summed E-state index contributed by atoms with van der Waals surface area (Å²) in [5.41, 5.74) is 5.26. The summed E-state index contributed by atoms with van der Waals surface area (Å²) in [5.74, 6) is 2.66. The lowest BCUT2D eigenvalue weighted by Crippen LogP contribution is -2.38. The highest BCUT2D eigenvalue weighted by Gasteiger charge is 2.09. The number of thioether (sulfide) groups is 1. The third-order valence-electron chi connectivity index (χ3n) is 1.50. The van der Waals surface area contributed by atoms with Gasteiger partial charge in [-0.15, -0.1) is 0 Å². The number of nitrogens with zero attached hydrogens (tertiary/aromatic N) is 1. The summed E-state index contributed by atoms with van der Waals surface area (Å²) in [6.45, 7) is 2.83. The Kier molecular flexibility index (Phi) is 3.02. The second-order valence-electron chi connectivity index (χ2n) is 2.41. The molecule has 0 radical (unpaired) electrons. The highest BCUT2D eigenvalue weighted by Crippen LogP contribution is 2.07. The van der Waals surface area contributed by atoms with Crippen LogP contribution in [-0.2, 0) is 0 Å². The first-order chi connectivity index (χ1) is 4.79. The summed E-state index contributed by atoms with van der Waals surface area (Å²) in [5, 5.41) is 7.06. The molecule has 0 bridgehead atoms. The molecule has 1 fully saturated rings. The van der Waals surface area contributed by atoms with Crippen molar-refractivity contribution in [3.63, 3.8) is 0 Å². The summed E-state index contributed by atoms with van der Waals surface area (Å²) in [7, 11) is 0. The standard InChI is InChI=1S/C6H13N3S/c7-6(8)5-9-1-3-10-4-2-9/h1-5H2,(H3,7,8). The van der Waals surface area contributed by atoms with Crippen molar-refractivity contribution in [2.45, 2.75) is 0 Å². The summed E-state index contributed by atoms with van der Waals surface area (Å²) in [4.78, 5) is 2.22. The van der Waals surface area contributed by atoms with E-state index in [1.807, 2.05) is 11.8 Å². The van der Waals surface area contributed by atoms with Crippen LogP contribution in [0.3, 0.4) is 0 Å². The van der Waals surface area contributed by atoms with E-state index in [0.717, 1.165) is 13.1 Å². The van der Waals surface area contributed by atoms with E-state index >= 15 is 0 Å². The minimum Gasteiger partial charge on any atom is -0.387 e. The van der Waals surface area contributed by atoms with Gasteiger partial charge in [0.2, 0.25) is 0 Å². The summed E-state index contributed by atoms with van der Waals surface area (Å²) in [6.07, 6.45) is 0. The van der Waals surface area contributed by atoms with Crippen molar-refractivity contribution in [2.24, 2.45) is 5.73 Å². The van der Waals surface area contributed by atoms with Gasteiger partial charge < -0.3 is 5.73 Å². The molecule has 10 heavy (non-hydrogen) atoms. The van der Waals surface area contributed by atoms with Crippen LogP contribution >= 0.6 is 11.8 Å². The van der Waals surface area contributed by atoms with Crippen LogP contribution in [0, 0.1) is 5.41 Å². The van der Waals surface area contributed by atoms with Crippen LogP contribution in [0.2, 0.25) is 0 Å². The van der Waals surface area contributed by atoms with Crippen molar-refractivity contribution in [1.82, 2.24) is 4.90 Å². The molecule has 3 N–H and O–H groups in total. The number of amidine groups is 1. The molecule has 3 nitrogen and oxygen atoms in total. The Morgan fingerprint density at radius 3 is 2.60 bits per heavy atom. The minimum atomic E-state index is 0.284. The Morgan fingerprint density at radius 1 is 1.50 bits per heavy atom. The predicted octanol–water partition coefficient (Wildman–Crippen LogP) is -0.0288. The Morgan fingerprint density at radius 2 is 2.10 bits per heavy atom. The van der Waals surface area contributed by atoms with Crippen LogP contribution in [0.4, 0.5) is 0 Å². The van der Waals surface area contributed by atoms with E-state index in [1.165, 1.54) is 11.5 Å². The van der Waals surface area contributed by atoms with Gasteiger partial charge in [0, 0.05) is 24.6 Å². The average molecular weight is 159 g/mol. The van der Waals surface area contributed by atoms with Gasteiger partial charge in [0.25, 0.3) is 0 Å². The van der Waals surface area contributed by atoms with Crippen molar-refractivity contribution in [3.8, 4) is 0 Å². The second-order valence-corrected chi connectivity index (χ2v) is 3.64. The molecule has 0 aliphatic carbocycles. The first kappa shape index (κ1) is 7.88. The van der Waals surface area contributed by atoms with Crippen LogP contribution in [0.5, 0.6) is 0 Å². The average Bonchev–Trinajstić information content (AvgIpc) is 1.88. The molecule has 58 valence electrons. The predicted molar refractivity (Wildman–Crippen MR) is 45.7 cm³/mol. The molecule has 1 rings (SSSR count). The van der Waals surface area contributed by atoms with E-state index in [4.69, 9.17) is 11.1 Å².